The van der Waals surface area contributed by atoms with Crippen molar-refractivity contribution in [2.24, 2.45) is 0 Å². The van der Waals surface area contributed by atoms with Crippen molar-refractivity contribution in [3.63, 3.8) is 0 Å². The minimum atomic E-state index is -0.740. The molecule has 5 rings (SSSR count). The van der Waals surface area contributed by atoms with E-state index >= 15 is 0 Å². The van der Waals surface area contributed by atoms with Crippen LogP contribution in [0.2, 0.25) is 0 Å². The second kappa shape index (κ2) is 11.7. The molecule has 0 radical (unpaired) electrons. The highest BCUT2D eigenvalue weighted by atomic mass is 16.5. The first-order chi connectivity index (χ1) is 18.9. The molecule has 0 spiro atoms. The molecule has 0 bridgehead atoms. The lowest BCUT2D eigenvalue weighted by Gasteiger charge is -2.32. The Labute approximate surface area is 227 Å². The van der Waals surface area contributed by atoms with Gasteiger partial charge in [-0.3, -0.25) is 9.69 Å². The van der Waals surface area contributed by atoms with Crippen LogP contribution in [0, 0.1) is 6.92 Å². The second-order valence-corrected chi connectivity index (χ2v) is 9.60. The number of anilines is 1. The molecule has 4 heterocycles. The van der Waals surface area contributed by atoms with E-state index in [2.05, 4.69) is 32.1 Å². The largest absolute Gasteiger partial charge is 0.492 e. The van der Waals surface area contributed by atoms with E-state index in [0.717, 1.165) is 55.0 Å². The van der Waals surface area contributed by atoms with E-state index < -0.39 is 11.8 Å². The number of allylic oxidation sites excluding steroid dienone is 1. The van der Waals surface area contributed by atoms with Crippen LogP contribution in [0.4, 0.5) is 5.69 Å². The zero-order chi connectivity index (χ0) is 27.4. The fourth-order valence-corrected chi connectivity index (χ4v) is 4.60. The van der Waals surface area contributed by atoms with Crippen LogP contribution < -0.4 is 10.1 Å². The number of ketones is 1. The summed E-state index contributed by atoms with van der Waals surface area (Å²) >= 11 is 0. The van der Waals surface area contributed by atoms with Gasteiger partial charge in [-0.2, -0.15) is 0 Å². The van der Waals surface area contributed by atoms with Crippen molar-refractivity contribution in [2.45, 2.75) is 13.8 Å². The third kappa shape index (κ3) is 5.97. The maximum Gasteiger partial charge on any atom is 0.347 e. The number of H-pyrrole nitrogens is 1. The van der Waals surface area contributed by atoms with Gasteiger partial charge in [-0.15, -0.1) is 0 Å². The highest BCUT2D eigenvalue weighted by Crippen LogP contribution is 2.32. The zero-order valence-corrected chi connectivity index (χ0v) is 22.5. The number of aryl methyl sites for hydroxylation is 1. The number of rotatable bonds is 9. The molecule has 1 aromatic carbocycles. The molecule has 0 atom stereocenters. The Hall–Kier alpha value is -4.15. The van der Waals surface area contributed by atoms with Crippen molar-refractivity contribution in [1.82, 2.24) is 19.8 Å². The molecule has 0 aliphatic carbocycles. The summed E-state index contributed by atoms with van der Waals surface area (Å²) < 4.78 is 17.1. The number of fused-ring (bicyclic) bond motifs is 1. The summed E-state index contributed by atoms with van der Waals surface area (Å²) in [6.07, 6.45) is 5.02. The first kappa shape index (κ1) is 26.5. The van der Waals surface area contributed by atoms with Crippen LogP contribution in [0.3, 0.4) is 0 Å². The van der Waals surface area contributed by atoms with Gasteiger partial charge in [-0.25, -0.2) is 9.78 Å². The lowest BCUT2D eigenvalue weighted by molar-refractivity contribution is -0.139. The summed E-state index contributed by atoms with van der Waals surface area (Å²) in [5, 5.41) is 3.95. The van der Waals surface area contributed by atoms with Crippen molar-refractivity contribution in [1.29, 1.82) is 0 Å². The van der Waals surface area contributed by atoms with Gasteiger partial charge in [-0.1, -0.05) is 0 Å². The maximum absolute atomic E-state index is 13.2. The van der Waals surface area contributed by atoms with Crippen LogP contribution in [-0.2, 0) is 19.1 Å². The van der Waals surface area contributed by atoms with Gasteiger partial charge >= 0.3 is 5.97 Å². The quantitative estimate of drug-likeness (QED) is 0.244. The van der Waals surface area contributed by atoms with Crippen molar-refractivity contribution in [2.75, 3.05) is 58.3 Å². The number of benzene rings is 1. The molecule has 2 aliphatic heterocycles. The molecule has 1 saturated heterocycles. The Morgan fingerprint density at radius 1 is 1.23 bits per heavy atom. The fourth-order valence-electron chi connectivity index (χ4n) is 4.60. The van der Waals surface area contributed by atoms with Crippen molar-refractivity contribution >= 4 is 34.5 Å². The third-order valence-corrected chi connectivity index (χ3v) is 6.86. The topological polar surface area (TPSA) is 109 Å². The van der Waals surface area contributed by atoms with Gasteiger partial charge < -0.3 is 29.4 Å². The average molecular weight is 532 g/mol. The van der Waals surface area contributed by atoms with E-state index in [9.17, 15) is 9.59 Å². The third-order valence-electron chi connectivity index (χ3n) is 6.86. The monoisotopic (exact) mass is 531 g/mol. The zero-order valence-electron chi connectivity index (χ0n) is 22.5. The number of aromatic amines is 1. The number of piperazine rings is 1. The van der Waals surface area contributed by atoms with Gasteiger partial charge in [0.1, 0.15) is 18.0 Å². The summed E-state index contributed by atoms with van der Waals surface area (Å²) in [7, 11) is 2.14. The van der Waals surface area contributed by atoms with E-state index in [-0.39, 0.29) is 23.8 Å². The van der Waals surface area contributed by atoms with Crippen LogP contribution in [0.25, 0.3) is 17.1 Å². The number of nitrogens with one attached hydrogen (secondary N) is 2. The predicted molar refractivity (Wildman–Crippen MR) is 148 cm³/mol. The number of aromatic nitrogens is 2. The smallest absolute Gasteiger partial charge is 0.347 e. The lowest BCUT2D eigenvalue weighted by atomic mass is 10.1. The van der Waals surface area contributed by atoms with E-state index in [0.29, 0.717) is 17.9 Å². The molecule has 0 unspecified atom stereocenters. The summed E-state index contributed by atoms with van der Waals surface area (Å²) in [6, 6.07) is 9.33. The number of pyridine rings is 1. The number of ether oxygens (including phenoxy) is 3. The number of carbonyl (C=O) groups is 2. The van der Waals surface area contributed by atoms with E-state index in [1.807, 2.05) is 37.3 Å². The molecule has 2 aliphatic rings. The van der Waals surface area contributed by atoms with Gasteiger partial charge in [0, 0.05) is 61.8 Å². The Balaban J connectivity index is 1.30. The number of Topliss-reactive ketones (excluding diaryl/α,β-unsaturated/α-hetero) is 1. The Kier molecular flexibility index (Phi) is 7.94. The van der Waals surface area contributed by atoms with Crippen LogP contribution in [-0.4, -0.2) is 84.5 Å². The van der Waals surface area contributed by atoms with Crippen molar-refractivity contribution < 1.29 is 23.8 Å². The average Bonchev–Trinajstić information content (AvgIpc) is 3.47. The lowest BCUT2D eigenvalue weighted by Crippen LogP contribution is -2.45. The van der Waals surface area contributed by atoms with Crippen LogP contribution in [0.5, 0.6) is 5.75 Å². The summed E-state index contributed by atoms with van der Waals surface area (Å²) in [5.74, 6) is -0.476. The van der Waals surface area contributed by atoms with Crippen molar-refractivity contribution in [3.8, 4) is 5.75 Å². The molecule has 3 aromatic rings. The number of hydrogen-bond acceptors (Lipinski definition) is 9. The van der Waals surface area contributed by atoms with E-state index in [1.54, 1.807) is 25.4 Å². The Morgan fingerprint density at radius 2 is 2.05 bits per heavy atom. The van der Waals surface area contributed by atoms with Gasteiger partial charge in [-0.05, 0) is 62.9 Å². The number of carbonyl (C=O) groups excluding carboxylic acids is 2. The summed E-state index contributed by atoms with van der Waals surface area (Å²) in [6.45, 7) is 9.46. The maximum atomic E-state index is 13.2. The first-order valence-corrected chi connectivity index (χ1v) is 13.1. The van der Waals surface area contributed by atoms with Gasteiger partial charge in [0.25, 0.3) is 0 Å². The van der Waals surface area contributed by atoms with Gasteiger partial charge in [0.2, 0.25) is 11.7 Å². The SMILES string of the molecule is CCOC(=O)C1=C(Nc2ccc(OCCN3CCN(C)CC3)cc2C)O/C(=C\c2c[nH]c3ncccc23)C1=O. The standard InChI is InChI=1S/C29H33N5O5/c1-4-37-29(36)25-26(35)24(17-20-18-31-27-22(20)6-5-9-30-27)39-28(25)32-23-8-7-21(16-19(23)2)38-15-14-34-12-10-33(3)11-13-34/h5-9,16-18,32H,4,10-15H2,1-3H3,(H,30,31)/b24-17-. The van der Waals surface area contributed by atoms with E-state index in [4.69, 9.17) is 14.2 Å². The molecule has 39 heavy (non-hydrogen) atoms. The minimum Gasteiger partial charge on any atom is -0.492 e. The molecule has 2 aromatic heterocycles. The van der Waals surface area contributed by atoms with Crippen LogP contribution >= 0.6 is 0 Å². The number of nitrogens with zero attached hydrogens (tertiary/aromatic N) is 3. The molecule has 0 amide bonds. The molecule has 10 heteroatoms. The van der Waals surface area contributed by atoms with Gasteiger partial charge in [0.05, 0.1) is 6.61 Å². The van der Waals surface area contributed by atoms with E-state index in [1.165, 1.54) is 0 Å². The number of likely N-dealkylation sites (N-methyl/N-ethyl adjacent to an activating group) is 1. The Bertz CT molecular complexity index is 1430. The minimum absolute atomic E-state index is 0.0202. The van der Waals surface area contributed by atoms with Crippen LogP contribution in [0.1, 0.15) is 18.1 Å². The molecule has 204 valence electrons. The number of hydrogen-bond donors (Lipinski definition) is 2. The normalized spacial score (nSPS) is 17.6. The van der Waals surface area contributed by atoms with Gasteiger partial charge in [0.15, 0.2) is 11.3 Å². The molecule has 1 fully saturated rings. The molecular weight excluding hydrogens is 498 g/mol. The molecular formula is C29H33N5O5. The fraction of sp³-hybridized carbons (Fsp3) is 0.345. The Morgan fingerprint density at radius 3 is 2.82 bits per heavy atom. The van der Waals surface area contributed by atoms with Crippen LogP contribution in [0.15, 0.2) is 59.9 Å². The predicted octanol–water partition coefficient (Wildman–Crippen LogP) is 3.32. The van der Waals surface area contributed by atoms with Crippen molar-refractivity contribution in [3.05, 3.63) is 71.1 Å². The molecule has 0 saturated carbocycles. The number of esters is 1. The highest BCUT2D eigenvalue weighted by Gasteiger charge is 2.37. The summed E-state index contributed by atoms with van der Waals surface area (Å²) in [4.78, 5) is 38.1. The molecule has 2 N–H and O–H groups in total. The first-order valence-electron chi connectivity index (χ1n) is 13.1. The molecule has 10 nitrogen and oxygen atoms in total. The summed E-state index contributed by atoms with van der Waals surface area (Å²) in [5.41, 5.74) is 2.80. The second-order valence-electron chi connectivity index (χ2n) is 9.60. The highest BCUT2D eigenvalue weighted by molar-refractivity contribution is 6.26.